The zero-order chi connectivity index (χ0) is 18.4. The van der Waals surface area contributed by atoms with E-state index in [1.807, 2.05) is 59.3 Å². The number of aromatic nitrogens is 2. The maximum Gasteiger partial charge on any atom is 0.254 e. The van der Waals surface area contributed by atoms with Gasteiger partial charge in [-0.1, -0.05) is 55.3 Å². The molecule has 0 saturated carbocycles. The molecule has 4 nitrogen and oxygen atoms in total. The summed E-state index contributed by atoms with van der Waals surface area (Å²) in [4.78, 5) is 12.7. The molecule has 1 N–H and O–H groups in total. The van der Waals surface area contributed by atoms with Gasteiger partial charge in [-0.3, -0.25) is 4.79 Å². The molecule has 0 saturated heterocycles. The highest BCUT2D eigenvalue weighted by Gasteiger charge is 2.17. The predicted octanol–water partition coefficient (Wildman–Crippen LogP) is 4.45. The van der Waals surface area contributed by atoms with Gasteiger partial charge in [-0.05, 0) is 42.7 Å². The van der Waals surface area contributed by atoms with Crippen LogP contribution in [0, 0.1) is 0 Å². The molecule has 1 amide bonds. The van der Waals surface area contributed by atoms with Gasteiger partial charge in [0, 0.05) is 11.6 Å². The Kier molecular flexibility index (Phi) is 6.08. The largest absolute Gasteiger partial charge is 0.352 e. The van der Waals surface area contributed by atoms with E-state index in [0.29, 0.717) is 17.1 Å². The van der Waals surface area contributed by atoms with Gasteiger partial charge in [0.05, 0.1) is 23.1 Å². The van der Waals surface area contributed by atoms with Gasteiger partial charge in [-0.2, -0.15) is 5.10 Å². The van der Waals surface area contributed by atoms with Crippen molar-refractivity contribution in [2.24, 2.45) is 0 Å². The van der Waals surface area contributed by atoms with Gasteiger partial charge in [0.1, 0.15) is 0 Å². The van der Waals surface area contributed by atoms with Crippen LogP contribution in [0.25, 0.3) is 5.69 Å². The van der Waals surface area contributed by atoms with Crippen LogP contribution < -0.4 is 5.32 Å². The molecule has 2 aromatic carbocycles. The van der Waals surface area contributed by atoms with Gasteiger partial charge in [0.2, 0.25) is 0 Å². The topological polar surface area (TPSA) is 46.9 Å². The van der Waals surface area contributed by atoms with Crippen LogP contribution in [0.1, 0.15) is 35.0 Å². The fourth-order valence-corrected chi connectivity index (χ4v) is 3.15. The molecule has 0 bridgehead atoms. The molecule has 26 heavy (non-hydrogen) atoms. The third-order valence-corrected chi connectivity index (χ3v) is 4.42. The van der Waals surface area contributed by atoms with E-state index in [-0.39, 0.29) is 5.91 Å². The molecule has 5 heteroatoms. The van der Waals surface area contributed by atoms with E-state index in [4.69, 9.17) is 11.6 Å². The van der Waals surface area contributed by atoms with Gasteiger partial charge in [-0.25, -0.2) is 4.68 Å². The molecule has 0 aliphatic carbocycles. The van der Waals surface area contributed by atoms with Crippen LogP contribution in [0.5, 0.6) is 0 Å². The van der Waals surface area contributed by atoms with Crippen LogP contribution >= 0.6 is 11.6 Å². The zero-order valence-corrected chi connectivity index (χ0v) is 15.5. The summed E-state index contributed by atoms with van der Waals surface area (Å²) in [5.41, 5.74) is 3.65. The monoisotopic (exact) mass is 367 g/mol. The summed E-state index contributed by atoms with van der Waals surface area (Å²) in [6, 6.07) is 17.6. The second-order valence-corrected chi connectivity index (χ2v) is 6.57. The number of carbonyl (C=O) groups is 1. The molecule has 134 valence electrons. The van der Waals surface area contributed by atoms with Crippen molar-refractivity contribution in [3.8, 4) is 5.69 Å². The van der Waals surface area contributed by atoms with Crippen LogP contribution in [-0.2, 0) is 12.8 Å². The van der Waals surface area contributed by atoms with Gasteiger partial charge in [0.25, 0.3) is 5.91 Å². The fraction of sp³-hybridized carbons (Fsp3) is 0.238. The summed E-state index contributed by atoms with van der Waals surface area (Å²) in [6.07, 6.45) is 4.14. The lowest BCUT2D eigenvalue weighted by Gasteiger charge is -2.09. The van der Waals surface area contributed by atoms with Gasteiger partial charge < -0.3 is 5.32 Å². The minimum Gasteiger partial charge on any atom is -0.352 e. The standard InChI is InChI=1S/C21H22ClN3O/c1-2-7-20-19(15-24-25(20)18-10-4-3-5-11-18)21(26)23-13-12-16-8-6-9-17(22)14-16/h3-6,8-11,14-15H,2,7,12-13H2,1H3,(H,23,26). The number of para-hydroxylation sites is 1. The first-order chi connectivity index (χ1) is 12.7. The summed E-state index contributed by atoms with van der Waals surface area (Å²) in [5.74, 6) is -0.0855. The molecule has 1 aromatic heterocycles. The SMILES string of the molecule is CCCc1c(C(=O)NCCc2cccc(Cl)c2)cnn1-c1ccccc1. The summed E-state index contributed by atoms with van der Waals surface area (Å²) < 4.78 is 1.86. The highest BCUT2D eigenvalue weighted by atomic mass is 35.5. The first-order valence-electron chi connectivity index (χ1n) is 8.84. The third-order valence-electron chi connectivity index (χ3n) is 4.19. The molecular formula is C21H22ClN3O. The number of halogens is 1. The van der Waals surface area contributed by atoms with E-state index < -0.39 is 0 Å². The molecule has 1 heterocycles. The summed E-state index contributed by atoms with van der Waals surface area (Å²) in [7, 11) is 0. The molecule has 0 aliphatic heterocycles. The molecule has 3 rings (SSSR count). The molecule has 0 aliphatic rings. The van der Waals surface area contributed by atoms with Gasteiger partial charge in [-0.15, -0.1) is 0 Å². The van der Waals surface area contributed by atoms with Crippen molar-refractivity contribution in [2.45, 2.75) is 26.2 Å². The van der Waals surface area contributed by atoms with Crippen molar-refractivity contribution < 1.29 is 4.79 Å². The molecule has 0 fully saturated rings. The van der Waals surface area contributed by atoms with E-state index >= 15 is 0 Å². The van der Waals surface area contributed by atoms with Crippen LogP contribution in [0.15, 0.2) is 60.8 Å². The lowest BCUT2D eigenvalue weighted by Crippen LogP contribution is -2.26. The molecular weight excluding hydrogens is 346 g/mol. The Morgan fingerprint density at radius 3 is 2.65 bits per heavy atom. The quantitative estimate of drug-likeness (QED) is 0.670. The van der Waals surface area contributed by atoms with E-state index in [2.05, 4.69) is 17.3 Å². The van der Waals surface area contributed by atoms with Crippen molar-refractivity contribution in [2.75, 3.05) is 6.54 Å². The highest BCUT2D eigenvalue weighted by Crippen LogP contribution is 2.17. The number of carbonyl (C=O) groups excluding carboxylic acids is 1. The number of nitrogens with zero attached hydrogens (tertiary/aromatic N) is 2. The number of amides is 1. The van der Waals surface area contributed by atoms with Crippen LogP contribution in [0.3, 0.4) is 0 Å². The van der Waals surface area contributed by atoms with Crippen molar-refractivity contribution in [3.63, 3.8) is 0 Å². The summed E-state index contributed by atoms with van der Waals surface area (Å²) in [5, 5.41) is 8.15. The Morgan fingerprint density at radius 2 is 1.92 bits per heavy atom. The average molecular weight is 368 g/mol. The maximum absolute atomic E-state index is 12.7. The predicted molar refractivity (Wildman–Crippen MR) is 105 cm³/mol. The van der Waals surface area contributed by atoms with Crippen LogP contribution in [-0.4, -0.2) is 22.2 Å². The Bertz CT molecular complexity index is 874. The second-order valence-electron chi connectivity index (χ2n) is 6.14. The van der Waals surface area contributed by atoms with Crippen LogP contribution in [0.2, 0.25) is 5.02 Å². The molecule has 0 radical (unpaired) electrons. The Balaban J connectivity index is 1.71. The number of hydrogen-bond acceptors (Lipinski definition) is 2. The third kappa shape index (κ3) is 4.33. The van der Waals surface area contributed by atoms with E-state index in [9.17, 15) is 4.79 Å². The Hall–Kier alpha value is -2.59. The lowest BCUT2D eigenvalue weighted by atomic mass is 10.1. The number of rotatable bonds is 7. The smallest absolute Gasteiger partial charge is 0.254 e. The first-order valence-corrected chi connectivity index (χ1v) is 9.21. The number of hydrogen-bond donors (Lipinski definition) is 1. The number of benzene rings is 2. The molecule has 0 atom stereocenters. The number of nitrogens with one attached hydrogen (secondary N) is 1. The fourth-order valence-electron chi connectivity index (χ4n) is 2.94. The average Bonchev–Trinajstić information content (AvgIpc) is 3.06. The minimum absolute atomic E-state index is 0.0855. The Labute approximate surface area is 158 Å². The molecule has 0 spiro atoms. The summed E-state index contributed by atoms with van der Waals surface area (Å²) >= 11 is 6.00. The first kappa shape index (κ1) is 18.2. The highest BCUT2D eigenvalue weighted by molar-refractivity contribution is 6.30. The Morgan fingerprint density at radius 1 is 1.12 bits per heavy atom. The zero-order valence-electron chi connectivity index (χ0n) is 14.8. The second kappa shape index (κ2) is 8.68. The maximum atomic E-state index is 12.7. The van der Waals surface area contributed by atoms with Crippen molar-refractivity contribution >= 4 is 17.5 Å². The minimum atomic E-state index is -0.0855. The molecule has 3 aromatic rings. The normalized spacial score (nSPS) is 10.7. The van der Waals surface area contributed by atoms with Gasteiger partial charge >= 0.3 is 0 Å². The van der Waals surface area contributed by atoms with Crippen LogP contribution in [0.4, 0.5) is 0 Å². The van der Waals surface area contributed by atoms with Gasteiger partial charge in [0.15, 0.2) is 0 Å². The van der Waals surface area contributed by atoms with E-state index in [1.165, 1.54) is 0 Å². The van der Waals surface area contributed by atoms with Crippen molar-refractivity contribution in [1.29, 1.82) is 0 Å². The molecule has 0 unspecified atom stereocenters. The lowest BCUT2D eigenvalue weighted by molar-refractivity contribution is 0.0953. The summed E-state index contributed by atoms with van der Waals surface area (Å²) in [6.45, 7) is 2.66. The van der Waals surface area contributed by atoms with E-state index in [0.717, 1.165) is 36.2 Å². The van der Waals surface area contributed by atoms with Crippen molar-refractivity contribution in [1.82, 2.24) is 15.1 Å². The van der Waals surface area contributed by atoms with Crippen molar-refractivity contribution in [3.05, 3.63) is 82.6 Å². The van der Waals surface area contributed by atoms with E-state index in [1.54, 1.807) is 6.20 Å².